The van der Waals surface area contributed by atoms with Crippen LogP contribution in [0.3, 0.4) is 0 Å². The molecule has 2 N–H and O–H groups in total. The van der Waals surface area contributed by atoms with Gasteiger partial charge in [0, 0.05) is 11.4 Å². The van der Waals surface area contributed by atoms with E-state index in [4.69, 9.17) is 11.6 Å². The molecule has 17 heavy (non-hydrogen) atoms. The van der Waals surface area contributed by atoms with Crippen molar-refractivity contribution in [2.45, 2.75) is 12.5 Å². The van der Waals surface area contributed by atoms with Gasteiger partial charge in [-0.3, -0.25) is 0 Å². The van der Waals surface area contributed by atoms with Crippen molar-refractivity contribution < 1.29 is 10.2 Å². The predicted molar refractivity (Wildman–Crippen MR) is 68.2 cm³/mol. The van der Waals surface area contributed by atoms with Gasteiger partial charge in [0.25, 0.3) is 0 Å². The molecule has 3 heteroatoms. The first-order chi connectivity index (χ1) is 8.15. The zero-order chi connectivity index (χ0) is 12.3. The number of hydrogen-bond donors (Lipinski definition) is 2. The van der Waals surface area contributed by atoms with Crippen LogP contribution in [-0.4, -0.2) is 10.2 Å². The topological polar surface area (TPSA) is 40.5 Å². The molecule has 0 fully saturated rings. The fourth-order valence-corrected chi connectivity index (χ4v) is 1.84. The molecule has 2 nitrogen and oxygen atoms in total. The highest BCUT2D eigenvalue weighted by Gasteiger charge is 2.08. The summed E-state index contributed by atoms with van der Waals surface area (Å²) in [6.45, 7) is 0. The van der Waals surface area contributed by atoms with Gasteiger partial charge >= 0.3 is 0 Å². The summed E-state index contributed by atoms with van der Waals surface area (Å²) in [6.07, 6.45) is -0.121. The van der Waals surface area contributed by atoms with Crippen molar-refractivity contribution in [1.29, 1.82) is 0 Å². The highest BCUT2D eigenvalue weighted by Crippen LogP contribution is 2.21. The number of aromatic hydroxyl groups is 1. The van der Waals surface area contributed by atoms with Gasteiger partial charge in [0.2, 0.25) is 0 Å². The number of rotatable bonds is 3. The Labute approximate surface area is 105 Å². The molecule has 0 aliphatic heterocycles. The van der Waals surface area contributed by atoms with Crippen LogP contribution in [0, 0.1) is 0 Å². The van der Waals surface area contributed by atoms with Crippen LogP contribution in [0.4, 0.5) is 0 Å². The first-order valence-electron chi connectivity index (χ1n) is 5.36. The van der Waals surface area contributed by atoms with Gasteiger partial charge in [-0.15, -0.1) is 0 Å². The quantitative estimate of drug-likeness (QED) is 0.875. The molecule has 0 spiro atoms. The monoisotopic (exact) mass is 248 g/mol. The minimum absolute atomic E-state index is 0.214. The van der Waals surface area contributed by atoms with Gasteiger partial charge < -0.3 is 10.2 Å². The Kier molecular flexibility index (Phi) is 3.67. The molecule has 1 atom stereocenters. The van der Waals surface area contributed by atoms with Gasteiger partial charge in [0.1, 0.15) is 5.75 Å². The number of halogens is 1. The minimum atomic E-state index is -0.589. The molecule has 88 valence electrons. The maximum absolute atomic E-state index is 10.0. The molecule has 0 saturated carbocycles. The molecule has 1 unspecified atom stereocenters. The van der Waals surface area contributed by atoms with Crippen LogP contribution >= 0.6 is 11.6 Å². The zero-order valence-electron chi connectivity index (χ0n) is 9.18. The first-order valence-corrected chi connectivity index (χ1v) is 5.74. The van der Waals surface area contributed by atoms with Gasteiger partial charge in [-0.1, -0.05) is 35.9 Å². The summed E-state index contributed by atoms with van der Waals surface area (Å²) in [5.74, 6) is 0.214. The molecule has 0 radical (unpaired) electrons. The molecule has 0 saturated heterocycles. The largest absolute Gasteiger partial charge is 0.508 e. The molecule has 2 aromatic carbocycles. The predicted octanol–water partition coefficient (Wildman–Crippen LogP) is 3.32. The van der Waals surface area contributed by atoms with E-state index in [0.29, 0.717) is 11.4 Å². The second-order valence-corrected chi connectivity index (χ2v) is 4.38. The number of phenolic OH excluding ortho intramolecular Hbond substituents is 1. The van der Waals surface area contributed by atoms with Gasteiger partial charge in [-0.05, 0) is 35.4 Å². The zero-order valence-corrected chi connectivity index (χ0v) is 9.93. The van der Waals surface area contributed by atoms with E-state index < -0.39 is 6.10 Å². The normalized spacial score (nSPS) is 12.4. The van der Waals surface area contributed by atoms with Crippen LogP contribution in [-0.2, 0) is 6.42 Å². The minimum Gasteiger partial charge on any atom is -0.508 e. The van der Waals surface area contributed by atoms with Crippen LogP contribution < -0.4 is 0 Å². The van der Waals surface area contributed by atoms with Crippen LogP contribution in [0.1, 0.15) is 17.2 Å². The molecule has 0 aromatic heterocycles. The lowest BCUT2D eigenvalue weighted by Gasteiger charge is -2.11. The van der Waals surface area contributed by atoms with E-state index in [0.717, 1.165) is 11.1 Å². The molecule has 0 amide bonds. The number of benzene rings is 2. The van der Waals surface area contributed by atoms with Gasteiger partial charge in [-0.25, -0.2) is 0 Å². The smallest absolute Gasteiger partial charge is 0.115 e. The highest BCUT2D eigenvalue weighted by atomic mass is 35.5. The second kappa shape index (κ2) is 5.21. The molecule has 2 rings (SSSR count). The van der Waals surface area contributed by atoms with E-state index in [-0.39, 0.29) is 5.75 Å². The summed E-state index contributed by atoms with van der Waals surface area (Å²) in [5.41, 5.74) is 1.71. The van der Waals surface area contributed by atoms with Crippen molar-refractivity contribution in [2.75, 3.05) is 0 Å². The van der Waals surface area contributed by atoms with Crippen LogP contribution in [0.15, 0.2) is 48.5 Å². The molecule has 0 aliphatic carbocycles. The number of aliphatic hydroxyl groups excluding tert-OH is 1. The highest BCUT2D eigenvalue weighted by molar-refractivity contribution is 6.30. The van der Waals surface area contributed by atoms with Crippen LogP contribution in [0.2, 0.25) is 5.02 Å². The van der Waals surface area contributed by atoms with Gasteiger partial charge in [0.15, 0.2) is 0 Å². The standard InChI is InChI=1S/C14H13ClO2/c15-12-6-4-11(5-7-12)14(17)9-10-2-1-3-13(16)8-10/h1-8,14,16-17H,9H2. The third-order valence-corrected chi connectivity index (χ3v) is 2.85. The fourth-order valence-electron chi connectivity index (χ4n) is 1.71. The second-order valence-electron chi connectivity index (χ2n) is 3.94. The molecule has 0 bridgehead atoms. The van der Waals surface area contributed by atoms with E-state index in [1.54, 1.807) is 42.5 Å². The lowest BCUT2D eigenvalue weighted by molar-refractivity contribution is 0.178. The van der Waals surface area contributed by atoms with Gasteiger partial charge in [-0.2, -0.15) is 0 Å². The van der Waals surface area contributed by atoms with E-state index >= 15 is 0 Å². The molecular formula is C14H13ClO2. The molecule has 2 aromatic rings. The fraction of sp³-hybridized carbons (Fsp3) is 0.143. The lowest BCUT2D eigenvalue weighted by atomic mass is 10.0. The third kappa shape index (κ3) is 3.22. The molecule has 0 aliphatic rings. The molecule has 0 heterocycles. The average Bonchev–Trinajstić information content (AvgIpc) is 2.29. The van der Waals surface area contributed by atoms with Crippen molar-refractivity contribution >= 4 is 11.6 Å². The van der Waals surface area contributed by atoms with Crippen molar-refractivity contribution in [3.05, 3.63) is 64.7 Å². The van der Waals surface area contributed by atoms with Crippen LogP contribution in [0.5, 0.6) is 5.75 Å². The van der Waals surface area contributed by atoms with Crippen molar-refractivity contribution in [2.24, 2.45) is 0 Å². The van der Waals surface area contributed by atoms with Crippen molar-refractivity contribution in [3.8, 4) is 5.75 Å². The lowest BCUT2D eigenvalue weighted by Crippen LogP contribution is -2.01. The van der Waals surface area contributed by atoms with E-state index in [2.05, 4.69) is 0 Å². The van der Waals surface area contributed by atoms with Gasteiger partial charge in [0.05, 0.1) is 6.10 Å². The Hall–Kier alpha value is -1.51. The first kappa shape index (κ1) is 12.0. The van der Waals surface area contributed by atoms with Crippen molar-refractivity contribution in [1.82, 2.24) is 0 Å². The summed E-state index contributed by atoms with van der Waals surface area (Å²) in [5, 5.41) is 20.0. The third-order valence-electron chi connectivity index (χ3n) is 2.59. The Morgan fingerprint density at radius 1 is 1.06 bits per heavy atom. The number of hydrogen-bond acceptors (Lipinski definition) is 2. The maximum atomic E-state index is 10.0. The Balaban J connectivity index is 2.11. The van der Waals surface area contributed by atoms with E-state index in [1.165, 1.54) is 0 Å². The summed E-state index contributed by atoms with van der Waals surface area (Å²) < 4.78 is 0. The summed E-state index contributed by atoms with van der Waals surface area (Å²) in [6, 6.07) is 14.0. The SMILES string of the molecule is Oc1cccc(CC(O)c2ccc(Cl)cc2)c1. The van der Waals surface area contributed by atoms with Crippen molar-refractivity contribution in [3.63, 3.8) is 0 Å². The Morgan fingerprint density at radius 3 is 2.41 bits per heavy atom. The van der Waals surface area contributed by atoms with E-state index in [1.807, 2.05) is 6.07 Å². The summed E-state index contributed by atoms with van der Waals surface area (Å²) >= 11 is 5.78. The average molecular weight is 249 g/mol. The summed E-state index contributed by atoms with van der Waals surface area (Å²) in [7, 11) is 0. The Bertz CT molecular complexity index is 494. The number of aliphatic hydroxyl groups is 1. The molecular weight excluding hydrogens is 236 g/mol. The summed E-state index contributed by atoms with van der Waals surface area (Å²) in [4.78, 5) is 0. The maximum Gasteiger partial charge on any atom is 0.115 e. The Morgan fingerprint density at radius 2 is 1.76 bits per heavy atom. The number of phenols is 1. The van der Waals surface area contributed by atoms with Crippen LogP contribution in [0.25, 0.3) is 0 Å². The van der Waals surface area contributed by atoms with E-state index in [9.17, 15) is 10.2 Å².